The molecule has 8 nitrogen and oxygen atoms in total. The van der Waals surface area contributed by atoms with Crippen LogP contribution in [0.2, 0.25) is 0 Å². The van der Waals surface area contributed by atoms with Crippen LogP contribution in [0.15, 0.2) is 24.3 Å². The van der Waals surface area contributed by atoms with Gasteiger partial charge in [-0.05, 0) is 69.6 Å². The fourth-order valence-electron chi connectivity index (χ4n) is 4.90. The molecule has 2 aliphatic carbocycles. The Balaban J connectivity index is 1.94. The molecule has 8 heteroatoms. The molecule has 0 bridgehead atoms. The van der Waals surface area contributed by atoms with Gasteiger partial charge in [0.2, 0.25) is 11.8 Å². The van der Waals surface area contributed by atoms with E-state index in [9.17, 15) is 19.5 Å². The number of amides is 3. The first-order valence-electron chi connectivity index (χ1n) is 13.3. The molecule has 0 radical (unpaired) electrons. The first kappa shape index (κ1) is 27.8. The van der Waals surface area contributed by atoms with E-state index in [2.05, 4.69) is 17.6 Å². The molecule has 1 aromatic rings. The molecule has 4 atom stereocenters. The van der Waals surface area contributed by atoms with E-state index in [0.29, 0.717) is 5.56 Å². The summed E-state index contributed by atoms with van der Waals surface area (Å²) in [5.74, 6) is -0.412. The van der Waals surface area contributed by atoms with Crippen LogP contribution in [0.1, 0.15) is 91.7 Å². The Bertz CT molecular complexity index is 918. The Morgan fingerprint density at radius 3 is 2.14 bits per heavy atom. The highest BCUT2D eigenvalue weighted by Gasteiger charge is 2.48. The Labute approximate surface area is 215 Å². The minimum absolute atomic E-state index is 0.0835. The highest BCUT2D eigenvalue weighted by Crippen LogP contribution is 2.41. The molecule has 36 heavy (non-hydrogen) atoms. The molecule has 200 valence electrons. The molecular weight excluding hydrogens is 458 g/mol. The van der Waals surface area contributed by atoms with E-state index in [4.69, 9.17) is 4.74 Å². The number of phenolic OH excluding ortho intramolecular Hbond substituents is 1. The molecule has 0 heterocycles. The number of rotatable bonds is 8. The Morgan fingerprint density at radius 1 is 1.06 bits per heavy atom. The second-order valence-corrected chi connectivity index (χ2v) is 11.7. The maximum absolute atomic E-state index is 14.1. The third-order valence-corrected chi connectivity index (χ3v) is 6.97. The third-order valence-electron chi connectivity index (χ3n) is 6.97. The summed E-state index contributed by atoms with van der Waals surface area (Å²) in [7, 11) is 0. The molecule has 4 unspecified atom stereocenters. The number of alkyl carbamates (subject to hydrolysis) is 1. The number of aromatic hydroxyl groups is 1. The third kappa shape index (κ3) is 7.37. The fourth-order valence-corrected chi connectivity index (χ4v) is 4.90. The van der Waals surface area contributed by atoms with Crippen LogP contribution in [-0.4, -0.2) is 51.6 Å². The Morgan fingerprint density at radius 2 is 1.64 bits per heavy atom. The normalized spacial score (nSPS) is 21.9. The zero-order chi connectivity index (χ0) is 26.6. The number of phenols is 1. The summed E-state index contributed by atoms with van der Waals surface area (Å²) >= 11 is 0. The van der Waals surface area contributed by atoms with Gasteiger partial charge in [0.1, 0.15) is 23.4 Å². The van der Waals surface area contributed by atoms with Crippen molar-refractivity contribution in [2.75, 3.05) is 0 Å². The predicted octanol–water partition coefficient (Wildman–Crippen LogP) is 4.67. The molecule has 2 aliphatic rings. The predicted molar refractivity (Wildman–Crippen MR) is 138 cm³/mol. The standard InChI is InChI=1S/C28H43N3O5/c1-17(2)23(30-27(35)36-28(4,5)6)26(34)31(22-16-18(22)3)24(19-12-14-21(32)15-13-19)25(33)29-20-10-8-7-9-11-20/h12-15,17-18,20,22-24,32H,7-11,16H2,1-6H3,(H,29,33)(H,30,35). The van der Waals surface area contributed by atoms with Crippen molar-refractivity contribution < 1.29 is 24.2 Å². The van der Waals surface area contributed by atoms with Gasteiger partial charge >= 0.3 is 6.09 Å². The van der Waals surface area contributed by atoms with Crippen LogP contribution < -0.4 is 10.6 Å². The molecule has 3 rings (SSSR count). The molecule has 0 saturated heterocycles. The topological polar surface area (TPSA) is 108 Å². The van der Waals surface area contributed by atoms with Gasteiger partial charge in [0.05, 0.1) is 0 Å². The van der Waals surface area contributed by atoms with E-state index in [1.165, 1.54) is 18.6 Å². The zero-order valence-electron chi connectivity index (χ0n) is 22.5. The highest BCUT2D eigenvalue weighted by atomic mass is 16.6. The van der Waals surface area contributed by atoms with Crippen molar-refractivity contribution in [1.82, 2.24) is 15.5 Å². The van der Waals surface area contributed by atoms with E-state index in [-0.39, 0.29) is 41.5 Å². The van der Waals surface area contributed by atoms with Crippen LogP contribution in [0.4, 0.5) is 4.79 Å². The largest absolute Gasteiger partial charge is 0.508 e. The van der Waals surface area contributed by atoms with Gasteiger partial charge in [-0.1, -0.05) is 52.2 Å². The van der Waals surface area contributed by atoms with Crippen LogP contribution in [-0.2, 0) is 14.3 Å². The lowest BCUT2D eigenvalue weighted by Gasteiger charge is -2.37. The van der Waals surface area contributed by atoms with Gasteiger partial charge < -0.3 is 25.4 Å². The van der Waals surface area contributed by atoms with Crippen molar-refractivity contribution >= 4 is 17.9 Å². The minimum Gasteiger partial charge on any atom is -0.508 e. The molecule has 1 aromatic carbocycles. The molecule has 0 aromatic heterocycles. The number of nitrogens with zero attached hydrogens (tertiary/aromatic N) is 1. The molecule has 0 spiro atoms. The molecule has 2 saturated carbocycles. The monoisotopic (exact) mass is 501 g/mol. The first-order valence-corrected chi connectivity index (χ1v) is 13.3. The van der Waals surface area contributed by atoms with E-state index in [1.54, 1.807) is 37.8 Å². The minimum atomic E-state index is -0.864. The van der Waals surface area contributed by atoms with Gasteiger partial charge in [0, 0.05) is 12.1 Å². The van der Waals surface area contributed by atoms with Crippen LogP contribution in [0.25, 0.3) is 0 Å². The van der Waals surface area contributed by atoms with Crippen molar-refractivity contribution in [3.8, 4) is 5.75 Å². The molecule has 0 aliphatic heterocycles. The SMILES string of the molecule is CC(C)C(NC(=O)OC(C)(C)C)C(=O)N(C(C(=O)NC1CCCCC1)c1ccc(O)cc1)C1CC1C. The van der Waals surface area contributed by atoms with Crippen molar-refractivity contribution in [1.29, 1.82) is 0 Å². The summed E-state index contributed by atoms with van der Waals surface area (Å²) in [6, 6.07) is 4.71. The lowest BCUT2D eigenvalue weighted by molar-refractivity contribution is -0.144. The van der Waals surface area contributed by atoms with Gasteiger partial charge in [0.15, 0.2) is 0 Å². The van der Waals surface area contributed by atoms with Crippen molar-refractivity contribution in [3.63, 3.8) is 0 Å². The van der Waals surface area contributed by atoms with Crippen LogP contribution in [0, 0.1) is 11.8 Å². The molecule has 3 amide bonds. The van der Waals surface area contributed by atoms with Gasteiger partial charge in [-0.15, -0.1) is 0 Å². The van der Waals surface area contributed by atoms with Crippen molar-refractivity contribution in [3.05, 3.63) is 29.8 Å². The van der Waals surface area contributed by atoms with Crippen molar-refractivity contribution in [2.24, 2.45) is 11.8 Å². The summed E-state index contributed by atoms with van der Waals surface area (Å²) in [6.45, 7) is 11.1. The van der Waals surface area contributed by atoms with Crippen LogP contribution in [0.3, 0.4) is 0 Å². The van der Waals surface area contributed by atoms with Gasteiger partial charge in [-0.25, -0.2) is 4.79 Å². The smallest absolute Gasteiger partial charge is 0.408 e. The van der Waals surface area contributed by atoms with E-state index >= 15 is 0 Å². The summed E-state index contributed by atoms with van der Waals surface area (Å²) in [5.41, 5.74) is -0.0679. The number of nitrogens with one attached hydrogen (secondary N) is 2. The number of carbonyl (C=O) groups excluding carboxylic acids is 3. The zero-order valence-corrected chi connectivity index (χ0v) is 22.5. The Kier molecular flexibility index (Phi) is 8.90. The summed E-state index contributed by atoms with van der Waals surface area (Å²) in [6.07, 6.45) is 5.30. The van der Waals surface area contributed by atoms with Crippen LogP contribution in [0.5, 0.6) is 5.75 Å². The molecular formula is C28H43N3O5. The van der Waals surface area contributed by atoms with Crippen molar-refractivity contribution in [2.45, 2.75) is 110 Å². The first-order chi connectivity index (χ1) is 16.9. The lowest BCUT2D eigenvalue weighted by atomic mass is 9.94. The second-order valence-electron chi connectivity index (χ2n) is 11.7. The summed E-state index contributed by atoms with van der Waals surface area (Å²) in [5, 5.41) is 15.8. The Hall–Kier alpha value is -2.77. The maximum atomic E-state index is 14.1. The average molecular weight is 502 g/mol. The van der Waals surface area contributed by atoms with Gasteiger partial charge in [0.25, 0.3) is 0 Å². The lowest BCUT2D eigenvalue weighted by Crippen LogP contribution is -2.56. The number of hydrogen-bond donors (Lipinski definition) is 3. The summed E-state index contributed by atoms with van der Waals surface area (Å²) < 4.78 is 5.42. The van der Waals surface area contributed by atoms with E-state index in [1.807, 2.05) is 13.8 Å². The second kappa shape index (κ2) is 11.5. The van der Waals surface area contributed by atoms with Crippen LogP contribution >= 0.6 is 0 Å². The van der Waals surface area contributed by atoms with E-state index in [0.717, 1.165) is 32.1 Å². The quantitative estimate of drug-likeness (QED) is 0.480. The van der Waals surface area contributed by atoms with Gasteiger partial charge in [-0.3, -0.25) is 9.59 Å². The number of hydrogen-bond acceptors (Lipinski definition) is 5. The fraction of sp³-hybridized carbons (Fsp3) is 0.679. The molecule has 3 N–H and O–H groups in total. The number of ether oxygens (including phenoxy) is 1. The average Bonchev–Trinajstić information content (AvgIpc) is 3.51. The van der Waals surface area contributed by atoms with E-state index < -0.39 is 23.8 Å². The van der Waals surface area contributed by atoms with Gasteiger partial charge in [-0.2, -0.15) is 0 Å². The molecule has 2 fully saturated rings. The number of benzene rings is 1. The number of carbonyl (C=O) groups is 3. The highest BCUT2D eigenvalue weighted by molar-refractivity contribution is 5.93. The maximum Gasteiger partial charge on any atom is 0.408 e. The summed E-state index contributed by atoms with van der Waals surface area (Å²) in [4.78, 5) is 42.2.